The zero-order valence-electron chi connectivity index (χ0n) is 12.9. The number of hydrogen-bond acceptors (Lipinski definition) is 5. The van der Waals surface area contributed by atoms with Crippen molar-refractivity contribution in [1.82, 2.24) is 20.2 Å². The van der Waals surface area contributed by atoms with Gasteiger partial charge >= 0.3 is 0 Å². The summed E-state index contributed by atoms with van der Waals surface area (Å²) in [7, 11) is 0. The molecule has 0 spiro atoms. The van der Waals surface area contributed by atoms with Crippen molar-refractivity contribution in [3.8, 4) is 5.75 Å². The van der Waals surface area contributed by atoms with Crippen LogP contribution >= 0.6 is 0 Å². The number of hydrogen-bond donors (Lipinski definition) is 1. The van der Waals surface area contributed by atoms with Crippen molar-refractivity contribution in [2.75, 3.05) is 5.32 Å². The van der Waals surface area contributed by atoms with E-state index in [1.54, 1.807) is 4.68 Å². The van der Waals surface area contributed by atoms with Crippen LogP contribution in [-0.2, 0) is 13.1 Å². The Hall–Kier alpha value is -2.11. The van der Waals surface area contributed by atoms with E-state index < -0.39 is 0 Å². The van der Waals surface area contributed by atoms with Crippen molar-refractivity contribution in [2.45, 2.75) is 52.8 Å². The molecule has 0 amide bonds. The fourth-order valence-corrected chi connectivity index (χ4v) is 1.93. The van der Waals surface area contributed by atoms with Gasteiger partial charge in [0.1, 0.15) is 5.75 Å². The second-order valence-corrected chi connectivity index (χ2v) is 5.24. The first-order chi connectivity index (χ1) is 10.2. The van der Waals surface area contributed by atoms with E-state index in [0.29, 0.717) is 12.5 Å². The van der Waals surface area contributed by atoms with Gasteiger partial charge in [0.25, 0.3) is 0 Å². The third kappa shape index (κ3) is 4.73. The Morgan fingerprint density at radius 1 is 1.24 bits per heavy atom. The molecule has 0 bridgehead atoms. The summed E-state index contributed by atoms with van der Waals surface area (Å²) in [4.78, 5) is 0. The zero-order chi connectivity index (χ0) is 15.1. The lowest BCUT2D eigenvalue weighted by Crippen LogP contribution is -2.09. The summed E-state index contributed by atoms with van der Waals surface area (Å²) in [6.45, 7) is 7.72. The highest BCUT2D eigenvalue weighted by Gasteiger charge is 2.05. The number of tetrazole rings is 1. The van der Waals surface area contributed by atoms with Crippen LogP contribution in [0.1, 0.15) is 39.2 Å². The Morgan fingerprint density at radius 2 is 2.00 bits per heavy atom. The van der Waals surface area contributed by atoms with Gasteiger partial charge in [-0.3, -0.25) is 0 Å². The summed E-state index contributed by atoms with van der Waals surface area (Å²) < 4.78 is 7.43. The van der Waals surface area contributed by atoms with Crippen LogP contribution in [0.25, 0.3) is 0 Å². The number of nitrogens with one attached hydrogen (secondary N) is 1. The summed E-state index contributed by atoms with van der Waals surface area (Å²) in [6.07, 6.45) is 2.38. The van der Waals surface area contributed by atoms with Crippen LogP contribution < -0.4 is 10.1 Å². The topological polar surface area (TPSA) is 64.9 Å². The van der Waals surface area contributed by atoms with Gasteiger partial charge in [-0.2, -0.15) is 0 Å². The Labute approximate surface area is 125 Å². The Balaban J connectivity index is 1.89. The third-order valence-electron chi connectivity index (χ3n) is 3.00. The first kappa shape index (κ1) is 15.3. The minimum absolute atomic E-state index is 0.192. The predicted octanol–water partition coefficient (Wildman–Crippen LogP) is 2.87. The number of benzene rings is 1. The zero-order valence-corrected chi connectivity index (χ0v) is 12.9. The summed E-state index contributed by atoms with van der Waals surface area (Å²) in [6, 6.07) is 8.06. The van der Waals surface area contributed by atoms with Crippen LogP contribution in [0.5, 0.6) is 5.75 Å². The lowest BCUT2D eigenvalue weighted by Gasteiger charge is -2.10. The van der Waals surface area contributed by atoms with Crippen molar-refractivity contribution in [2.24, 2.45) is 0 Å². The Morgan fingerprint density at radius 3 is 2.67 bits per heavy atom. The molecular formula is C15H23N5O. The molecule has 0 aliphatic heterocycles. The average molecular weight is 289 g/mol. The highest BCUT2D eigenvalue weighted by atomic mass is 16.5. The molecule has 0 aliphatic carbocycles. The molecule has 0 atom stereocenters. The van der Waals surface area contributed by atoms with Crippen LogP contribution in [0.3, 0.4) is 0 Å². The van der Waals surface area contributed by atoms with Crippen LogP contribution in [0, 0.1) is 0 Å². The Bertz CT molecular complexity index is 535. The quantitative estimate of drug-likeness (QED) is 0.809. The summed E-state index contributed by atoms with van der Waals surface area (Å²) in [5.41, 5.74) is 1.16. The molecule has 6 heteroatoms. The molecule has 1 N–H and O–H groups in total. The molecule has 114 valence electrons. The van der Waals surface area contributed by atoms with Crippen LogP contribution in [0.2, 0.25) is 0 Å². The number of ether oxygens (including phenoxy) is 1. The number of anilines is 1. The first-order valence-electron chi connectivity index (χ1n) is 7.44. The molecule has 0 saturated carbocycles. The van der Waals surface area contributed by atoms with E-state index in [0.717, 1.165) is 30.7 Å². The maximum Gasteiger partial charge on any atom is 0.243 e. The van der Waals surface area contributed by atoms with Crippen molar-refractivity contribution >= 4 is 5.95 Å². The molecule has 6 nitrogen and oxygen atoms in total. The second-order valence-electron chi connectivity index (χ2n) is 5.24. The normalized spacial score (nSPS) is 10.9. The molecule has 0 radical (unpaired) electrons. The Kier molecular flexibility index (Phi) is 5.54. The molecule has 2 rings (SSSR count). The minimum atomic E-state index is 0.192. The van der Waals surface area contributed by atoms with E-state index in [1.165, 1.54) is 0 Å². The van der Waals surface area contributed by atoms with Crippen LogP contribution in [-0.4, -0.2) is 26.3 Å². The van der Waals surface area contributed by atoms with E-state index in [4.69, 9.17) is 4.74 Å². The van der Waals surface area contributed by atoms with E-state index in [9.17, 15) is 0 Å². The van der Waals surface area contributed by atoms with Gasteiger partial charge < -0.3 is 10.1 Å². The highest BCUT2D eigenvalue weighted by Crippen LogP contribution is 2.14. The standard InChI is InChI=1S/C15H23N5O/c1-4-5-10-20-15(17-18-19-20)16-11-13-6-8-14(9-7-13)21-12(2)3/h6-9,12H,4-5,10-11H2,1-3H3,(H,16,17,19). The third-order valence-corrected chi connectivity index (χ3v) is 3.00. The number of nitrogens with zero attached hydrogens (tertiary/aromatic N) is 4. The number of unbranched alkanes of at least 4 members (excludes halogenated alkanes) is 1. The molecule has 0 unspecified atom stereocenters. The second kappa shape index (κ2) is 7.61. The molecule has 0 saturated heterocycles. The summed E-state index contributed by atoms with van der Waals surface area (Å²) in [5.74, 6) is 1.60. The van der Waals surface area contributed by atoms with Crippen LogP contribution in [0.4, 0.5) is 5.95 Å². The average Bonchev–Trinajstić information content (AvgIpc) is 2.91. The highest BCUT2D eigenvalue weighted by molar-refractivity contribution is 5.31. The van der Waals surface area contributed by atoms with Gasteiger partial charge in [-0.15, -0.1) is 0 Å². The van der Waals surface area contributed by atoms with Crippen molar-refractivity contribution in [1.29, 1.82) is 0 Å². The van der Waals surface area contributed by atoms with E-state index in [-0.39, 0.29) is 6.10 Å². The van der Waals surface area contributed by atoms with Gasteiger partial charge in [0.15, 0.2) is 0 Å². The lowest BCUT2D eigenvalue weighted by atomic mass is 10.2. The molecule has 2 aromatic rings. The number of aryl methyl sites for hydroxylation is 1. The van der Waals surface area contributed by atoms with Crippen molar-refractivity contribution < 1.29 is 4.74 Å². The molecule has 21 heavy (non-hydrogen) atoms. The molecule has 0 fully saturated rings. The monoisotopic (exact) mass is 289 g/mol. The van der Waals surface area contributed by atoms with Crippen molar-refractivity contribution in [3.63, 3.8) is 0 Å². The van der Waals surface area contributed by atoms with E-state index >= 15 is 0 Å². The SMILES string of the molecule is CCCCn1nnnc1NCc1ccc(OC(C)C)cc1. The molecule has 1 aromatic carbocycles. The molecular weight excluding hydrogens is 266 g/mol. The van der Waals surface area contributed by atoms with Crippen molar-refractivity contribution in [3.05, 3.63) is 29.8 Å². The molecule has 1 heterocycles. The fourth-order valence-electron chi connectivity index (χ4n) is 1.93. The first-order valence-corrected chi connectivity index (χ1v) is 7.44. The molecule has 1 aromatic heterocycles. The minimum Gasteiger partial charge on any atom is -0.491 e. The maximum atomic E-state index is 5.63. The molecule has 0 aliphatic rings. The summed E-state index contributed by atoms with van der Waals surface area (Å²) >= 11 is 0. The van der Waals surface area contributed by atoms with E-state index in [1.807, 2.05) is 38.1 Å². The predicted molar refractivity (Wildman–Crippen MR) is 82.3 cm³/mol. The number of aromatic nitrogens is 4. The van der Waals surface area contributed by atoms with Gasteiger partial charge in [-0.25, -0.2) is 4.68 Å². The summed E-state index contributed by atoms with van der Waals surface area (Å²) in [5, 5.41) is 15.0. The van der Waals surface area contributed by atoms with Gasteiger partial charge in [-0.1, -0.05) is 30.6 Å². The van der Waals surface area contributed by atoms with Gasteiger partial charge in [0, 0.05) is 13.1 Å². The lowest BCUT2D eigenvalue weighted by molar-refractivity contribution is 0.242. The largest absolute Gasteiger partial charge is 0.491 e. The smallest absolute Gasteiger partial charge is 0.243 e. The van der Waals surface area contributed by atoms with Gasteiger partial charge in [-0.05, 0) is 48.4 Å². The fraction of sp³-hybridized carbons (Fsp3) is 0.533. The maximum absolute atomic E-state index is 5.63. The van der Waals surface area contributed by atoms with Gasteiger partial charge in [0.2, 0.25) is 5.95 Å². The van der Waals surface area contributed by atoms with Gasteiger partial charge in [0.05, 0.1) is 6.10 Å². The van der Waals surface area contributed by atoms with Crippen LogP contribution in [0.15, 0.2) is 24.3 Å². The van der Waals surface area contributed by atoms with E-state index in [2.05, 4.69) is 27.8 Å². The number of rotatable bonds is 8.